The molecule has 4 nitrogen and oxygen atoms in total. The number of carbonyl (C=O) groups excluding carboxylic acids is 1. The lowest BCUT2D eigenvalue weighted by Gasteiger charge is -2.08. The molecular formula is C10H18O4. The van der Waals surface area contributed by atoms with Gasteiger partial charge in [0.25, 0.3) is 0 Å². The van der Waals surface area contributed by atoms with Gasteiger partial charge in [0.05, 0.1) is 13.2 Å². The quantitative estimate of drug-likeness (QED) is 0.383. The zero-order valence-electron chi connectivity index (χ0n) is 8.78. The van der Waals surface area contributed by atoms with Gasteiger partial charge in [-0.25, -0.2) is 4.79 Å². The number of aliphatic hydroxyl groups excluding tert-OH is 1. The number of carbonyl (C=O) groups is 1. The van der Waals surface area contributed by atoms with Crippen molar-refractivity contribution in [1.82, 2.24) is 0 Å². The molecule has 82 valence electrons. The van der Waals surface area contributed by atoms with Gasteiger partial charge in [0, 0.05) is 0 Å². The monoisotopic (exact) mass is 202 g/mol. The Labute approximate surface area is 84.5 Å². The topological polar surface area (TPSA) is 55.8 Å². The van der Waals surface area contributed by atoms with Crippen LogP contribution < -0.4 is 0 Å². The van der Waals surface area contributed by atoms with Gasteiger partial charge in [0.1, 0.15) is 6.61 Å². The molecule has 0 aromatic rings. The van der Waals surface area contributed by atoms with Crippen molar-refractivity contribution in [2.75, 3.05) is 19.8 Å². The van der Waals surface area contributed by atoms with Crippen LogP contribution in [0.1, 0.15) is 26.7 Å². The van der Waals surface area contributed by atoms with E-state index < -0.39 is 5.97 Å². The molecule has 0 atom stereocenters. The zero-order valence-corrected chi connectivity index (χ0v) is 8.78. The average Bonchev–Trinajstić information content (AvgIpc) is 2.20. The van der Waals surface area contributed by atoms with Crippen LogP contribution in [0.15, 0.2) is 11.8 Å². The summed E-state index contributed by atoms with van der Waals surface area (Å²) in [7, 11) is 0. The third-order valence-corrected chi connectivity index (χ3v) is 1.38. The average molecular weight is 202 g/mol. The smallest absolute Gasteiger partial charge is 0.373 e. The fraction of sp³-hybridized carbons (Fsp3) is 0.700. The van der Waals surface area contributed by atoms with Crippen molar-refractivity contribution < 1.29 is 19.4 Å². The molecule has 0 heterocycles. The molecule has 0 spiro atoms. The van der Waals surface area contributed by atoms with Crippen LogP contribution >= 0.6 is 0 Å². The van der Waals surface area contributed by atoms with Crippen molar-refractivity contribution in [1.29, 1.82) is 0 Å². The highest BCUT2D eigenvalue weighted by Crippen LogP contribution is 2.03. The first kappa shape index (κ1) is 13.0. The molecule has 0 aromatic heterocycles. The molecule has 0 rings (SSSR count). The Morgan fingerprint density at radius 2 is 2.00 bits per heavy atom. The SMILES string of the molecule is CCC=C(OCCC)C(=O)OCCO. The number of hydrogen-bond acceptors (Lipinski definition) is 4. The van der Waals surface area contributed by atoms with Gasteiger partial charge in [-0.05, 0) is 18.9 Å². The predicted molar refractivity (Wildman–Crippen MR) is 52.7 cm³/mol. The molecule has 0 aliphatic heterocycles. The van der Waals surface area contributed by atoms with Gasteiger partial charge in [-0.2, -0.15) is 0 Å². The number of rotatable bonds is 7. The van der Waals surface area contributed by atoms with E-state index in [0.717, 1.165) is 6.42 Å². The van der Waals surface area contributed by atoms with Gasteiger partial charge in [0.15, 0.2) is 0 Å². The van der Waals surface area contributed by atoms with E-state index in [4.69, 9.17) is 14.6 Å². The molecule has 0 fully saturated rings. The Hall–Kier alpha value is -1.03. The van der Waals surface area contributed by atoms with Gasteiger partial charge in [-0.15, -0.1) is 0 Å². The van der Waals surface area contributed by atoms with Crippen LogP contribution in [0.25, 0.3) is 0 Å². The zero-order chi connectivity index (χ0) is 10.8. The Balaban J connectivity index is 4.05. The highest BCUT2D eigenvalue weighted by Gasteiger charge is 2.10. The number of allylic oxidation sites excluding steroid dienone is 1. The third-order valence-electron chi connectivity index (χ3n) is 1.38. The Kier molecular flexibility index (Phi) is 7.93. The minimum absolute atomic E-state index is 0.00930. The minimum atomic E-state index is -0.505. The van der Waals surface area contributed by atoms with Crippen molar-refractivity contribution in [2.24, 2.45) is 0 Å². The summed E-state index contributed by atoms with van der Waals surface area (Å²) in [5.41, 5.74) is 0. The summed E-state index contributed by atoms with van der Waals surface area (Å²) in [6.07, 6.45) is 3.23. The van der Waals surface area contributed by atoms with Crippen molar-refractivity contribution >= 4 is 5.97 Å². The van der Waals surface area contributed by atoms with E-state index in [9.17, 15) is 4.79 Å². The van der Waals surface area contributed by atoms with Gasteiger partial charge in [-0.1, -0.05) is 13.8 Å². The molecule has 0 saturated carbocycles. The molecule has 0 bridgehead atoms. The second-order valence-corrected chi connectivity index (χ2v) is 2.68. The highest BCUT2D eigenvalue weighted by atomic mass is 16.6. The Morgan fingerprint density at radius 3 is 2.50 bits per heavy atom. The molecule has 4 heteroatoms. The lowest BCUT2D eigenvalue weighted by Crippen LogP contribution is -2.13. The van der Waals surface area contributed by atoms with Crippen molar-refractivity contribution in [3.63, 3.8) is 0 Å². The van der Waals surface area contributed by atoms with E-state index in [0.29, 0.717) is 13.0 Å². The van der Waals surface area contributed by atoms with E-state index in [1.165, 1.54) is 0 Å². The summed E-state index contributed by atoms with van der Waals surface area (Å²) >= 11 is 0. The Morgan fingerprint density at radius 1 is 1.29 bits per heavy atom. The van der Waals surface area contributed by atoms with Crippen molar-refractivity contribution in [3.05, 3.63) is 11.8 Å². The summed E-state index contributed by atoms with van der Waals surface area (Å²) in [5.74, 6) is -0.267. The molecule has 0 aliphatic carbocycles. The fourth-order valence-corrected chi connectivity index (χ4v) is 0.808. The van der Waals surface area contributed by atoms with Gasteiger partial charge in [0.2, 0.25) is 5.76 Å². The van der Waals surface area contributed by atoms with E-state index >= 15 is 0 Å². The van der Waals surface area contributed by atoms with Crippen LogP contribution in [0.3, 0.4) is 0 Å². The lowest BCUT2D eigenvalue weighted by atomic mass is 10.3. The third kappa shape index (κ3) is 5.59. The molecular weight excluding hydrogens is 184 g/mol. The summed E-state index contributed by atoms with van der Waals surface area (Å²) in [6.45, 7) is 4.21. The van der Waals surface area contributed by atoms with E-state index in [1.807, 2.05) is 13.8 Å². The standard InChI is InChI=1S/C10H18O4/c1-3-5-9(13-7-4-2)10(12)14-8-6-11/h5,11H,3-4,6-8H2,1-2H3. The lowest BCUT2D eigenvalue weighted by molar-refractivity contribution is -0.144. The number of hydrogen-bond donors (Lipinski definition) is 1. The van der Waals surface area contributed by atoms with Gasteiger partial charge < -0.3 is 14.6 Å². The van der Waals surface area contributed by atoms with Crippen LogP contribution in [0.5, 0.6) is 0 Å². The molecule has 0 aromatic carbocycles. The van der Waals surface area contributed by atoms with Crippen molar-refractivity contribution in [2.45, 2.75) is 26.7 Å². The second kappa shape index (κ2) is 8.56. The first-order valence-corrected chi connectivity index (χ1v) is 4.87. The van der Waals surface area contributed by atoms with Crippen LogP contribution in [-0.4, -0.2) is 30.9 Å². The summed E-state index contributed by atoms with van der Waals surface area (Å²) in [6, 6.07) is 0. The maximum absolute atomic E-state index is 11.3. The fourth-order valence-electron chi connectivity index (χ4n) is 0.808. The second-order valence-electron chi connectivity index (χ2n) is 2.68. The number of aliphatic hydroxyl groups is 1. The maximum Gasteiger partial charge on any atom is 0.373 e. The normalized spacial score (nSPS) is 11.2. The van der Waals surface area contributed by atoms with Crippen LogP contribution in [0.2, 0.25) is 0 Å². The summed E-state index contributed by atoms with van der Waals surface area (Å²) < 4.78 is 9.92. The molecule has 0 amide bonds. The molecule has 0 unspecified atom stereocenters. The van der Waals surface area contributed by atoms with Crippen molar-refractivity contribution in [3.8, 4) is 0 Å². The summed E-state index contributed by atoms with van der Waals surface area (Å²) in [5, 5.41) is 8.47. The van der Waals surface area contributed by atoms with Crippen LogP contribution in [-0.2, 0) is 14.3 Å². The first-order chi connectivity index (χ1) is 6.76. The van der Waals surface area contributed by atoms with Crippen LogP contribution in [0, 0.1) is 0 Å². The van der Waals surface area contributed by atoms with Gasteiger partial charge in [-0.3, -0.25) is 0 Å². The molecule has 0 aliphatic rings. The van der Waals surface area contributed by atoms with Gasteiger partial charge >= 0.3 is 5.97 Å². The predicted octanol–water partition coefficient (Wildman–Crippen LogP) is 1.24. The molecule has 0 radical (unpaired) electrons. The first-order valence-electron chi connectivity index (χ1n) is 4.87. The molecule has 1 N–H and O–H groups in total. The number of esters is 1. The van der Waals surface area contributed by atoms with E-state index in [2.05, 4.69) is 0 Å². The Bertz CT molecular complexity index is 187. The maximum atomic E-state index is 11.3. The summed E-state index contributed by atoms with van der Waals surface area (Å²) in [4.78, 5) is 11.3. The minimum Gasteiger partial charge on any atom is -0.487 e. The van der Waals surface area contributed by atoms with E-state index in [1.54, 1.807) is 6.08 Å². The van der Waals surface area contributed by atoms with E-state index in [-0.39, 0.29) is 19.0 Å². The molecule has 14 heavy (non-hydrogen) atoms. The number of ether oxygens (including phenoxy) is 2. The molecule has 0 saturated heterocycles. The highest BCUT2D eigenvalue weighted by molar-refractivity contribution is 5.86. The largest absolute Gasteiger partial charge is 0.487 e. The van der Waals surface area contributed by atoms with Crippen LogP contribution in [0.4, 0.5) is 0 Å².